The molecule has 2 heteroatoms. The lowest BCUT2D eigenvalue weighted by atomic mass is 10.1. The molecule has 0 amide bonds. The van der Waals surface area contributed by atoms with Crippen LogP contribution in [0.4, 0.5) is 0 Å². The predicted molar refractivity (Wildman–Crippen MR) is 74.8 cm³/mol. The van der Waals surface area contributed by atoms with Gasteiger partial charge in [-0.25, -0.2) is 0 Å². The highest BCUT2D eigenvalue weighted by Gasteiger charge is 2.12. The van der Waals surface area contributed by atoms with Crippen molar-refractivity contribution < 1.29 is 0 Å². The van der Waals surface area contributed by atoms with Crippen LogP contribution in [-0.2, 0) is 0 Å². The quantitative estimate of drug-likeness (QED) is 0.728. The lowest BCUT2D eigenvalue weighted by molar-refractivity contribution is 0.363. The molecule has 0 aliphatic carbocycles. The highest BCUT2D eigenvalue weighted by molar-refractivity contribution is 6.54. The summed E-state index contributed by atoms with van der Waals surface area (Å²) in [7, 11) is 0.841. The van der Waals surface area contributed by atoms with E-state index >= 15 is 0 Å². The van der Waals surface area contributed by atoms with Gasteiger partial charge in [0.05, 0.1) is 0 Å². The molecule has 1 aliphatic rings. The molecule has 0 saturated carbocycles. The van der Waals surface area contributed by atoms with E-state index in [9.17, 15) is 0 Å². The SMILES string of the molecule is c1ccc2c([Si]N3CCCCC3)cccc2c1. The Morgan fingerprint density at radius 3 is 2.47 bits per heavy atom. The van der Waals surface area contributed by atoms with Crippen LogP contribution in [-0.4, -0.2) is 27.3 Å². The van der Waals surface area contributed by atoms with Crippen molar-refractivity contribution in [2.75, 3.05) is 13.1 Å². The molecule has 0 unspecified atom stereocenters. The molecule has 0 spiro atoms. The molecule has 1 aliphatic heterocycles. The predicted octanol–water partition coefficient (Wildman–Crippen LogP) is 2.57. The van der Waals surface area contributed by atoms with E-state index in [0.29, 0.717) is 0 Å². The Morgan fingerprint density at radius 2 is 1.59 bits per heavy atom. The summed E-state index contributed by atoms with van der Waals surface area (Å²) >= 11 is 0. The lowest BCUT2D eigenvalue weighted by Crippen LogP contribution is -2.39. The minimum Gasteiger partial charge on any atom is -0.322 e. The Morgan fingerprint density at radius 1 is 0.824 bits per heavy atom. The van der Waals surface area contributed by atoms with Gasteiger partial charge in [-0.2, -0.15) is 0 Å². The Balaban J connectivity index is 1.89. The second kappa shape index (κ2) is 5.03. The van der Waals surface area contributed by atoms with Crippen LogP contribution in [0, 0.1) is 0 Å². The molecule has 2 radical (unpaired) electrons. The summed E-state index contributed by atoms with van der Waals surface area (Å²) in [6, 6.07) is 15.4. The van der Waals surface area contributed by atoms with Crippen molar-refractivity contribution in [2.45, 2.75) is 19.3 Å². The average Bonchev–Trinajstić information content (AvgIpc) is 2.40. The third kappa shape index (κ3) is 2.43. The number of piperidine rings is 1. The zero-order chi connectivity index (χ0) is 11.5. The molecule has 2 aromatic rings. The fourth-order valence-corrected chi connectivity index (χ4v) is 3.90. The van der Waals surface area contributed by atoms with Crippen LogP contribution in [0.5, 0.6) is 0 Å². The van der Waals surface area contributed by atoms with Gasteiger partial charge in [-0.05, 0) is 41.9 Å². The van der Waals surface area contributed by atoms with Crippen LogP contribution in [0.1, 0.15) is 19.3 Å². The van der Waals surface area contributed by atoms with Crippen molar-refractivity contribution in [3.8, 4) is 0 Å². The van der Waals surface area contributed by atoms with Gasteiger partial charge in [0.2, 0.25) is 0 Å². The van der Waals surface area contributed by atoms with E-state index in [2.05, 4.69) is 47.0 Å². The summed E-state index contributed by atoms with van der Waals surface area (Å²) in [5, 5.41) is 4.30. The first-order valence-corrected chi connectivity index (χ1v) is 7.37. The summed E-state index contributed by atoms with van der Waals surface area (Å²) in [6.07, 6.45) is 4.16. The lowest BCUT2D eigenvalue weighted by Gasteiger charge is -2.26. The normalized spacial score (nSPS) is 17.4. The zero-order valence-electron chi connectivity index (χ0n) is 10.0. The van der Waals surface area contributed by atoms with Crippen LogP contribution in [0.15, 0.2) is 42.5 Å². The van der Waals surface area contributed by atoms with Crippen molar-refractivity contribution >= 4 is 25.6 Å². The van der Waals surface area contributed by atoms with Crippen molar-refractivity contribution in [3.05, 3.63) is 42.5 Å². The van der Waals surface area contributed by atoms with E-state index in [4.69, 9.17) is 0 Å². The number of nitrogens with zero attached hydrogens (tertiary/aromatic N) is 1. The van der Waals surface area contributed by atoms with E-state index in [1.807, 2.05) is 0 Å². The molecule has 0 bridgehead atoms. The fourth-order valence-electron chi connectivity index (χ4n) is 2.50. The van der Waals surface area contributed by atoms with Gasteiger partial charge in [-0.3, -0.25) is 0 Å². The summed E-state index contributed by atoms with van der Waals surface area (Å²) in [6.45, 7) is 2.56. The summed E-state index contributed by atoms with van der Waals surface area (Å²) in [4.78, 5) is 0. The number of hydrogen-bond acceptors (Lipinski definition) is 1. The minimum atomic E-state index is 0.841. The highest BCUT2D eigenvalue weighted by Crippen LogP contribution is 2.12. The first-order valence-electron chi connectivity index (χ1n) is 6.43. The highest BCUT2D eigenvalue weighted by atomic mass is 28.2. The largest absolute Gasteiger partial charge is 0.322 e. The maximum Gasteiger partial charge on any atom is 0.183 e. The van der Waals surface area contributed by atoms with Crippen molar-refractivity contribution in [1.82, 2.24) is 4.57 Å². The summed E-state index contributed by atoms with van der Waals surface area (Å²) < 4.78 is 2.62. The van der Waals surface area contributed by atoms with Gasteiger partial charge >= 0.3 is 0 Å². The molecule has 0 N–H and O–H groups in total. The monoisotopic (exact) mass is 239 g/mol. The second-order valence-electron chi connectivity index (χ2n) is 4.69. The first kappa shape index (κ1) is 11.0. The van der Waals surface area contributed by atoms with Crippen molar-refractivity contribution in [2.24, 2.45) is 0 Å². The van der Waals surface area contributed by atoms with Crippen LogP contribution in [0.25, 0.3) is 10.8 Å². The molecule has 1 heterocycles. The molecular formula is C15H17NSi. The first-order chi connectivity index (χ1) is 8.43. The average molecular weight is 239 g/mol. The third-order valence-corrected chi connectivity index (χ3v) is 4.86. The van der Waals surface area contributed by atoms with Gasteiger partial charge in [0.1, 0.15) is 0 Å². The number of fused-ring (bicyclic) bond motifs is 1. The van der Waals surface area contributed by atoms with Gasteiger partial charge in [-0.15, -0.1) is 0 Å². The zero-order valence-corrected chi connectivity index (χ0v) is 11.0. The molecule has 17 heavy (non-hydrogen) atoms. The van der Waals surface area contributed by atoms with E-state index < -0.39 is 0 Å². The van der Waals surface area contributed by atoms with Gasteiger partial charge in [0.15, 0.2) is 9.68 Å². The summed E-state index contributed by atoms with van der Waals surface area (Å²) in [5.41, 5.74) is 0. The van der Waals surface area contributed by atoms with E-state index in [0.717, 1.165) is 9.68 Å². The fraction of sp³-hybridized carbons (Fsp3) is 0.333. The molecule has 0 aromatic heterocycles. The van der Waals surface area contributed by atoms with Crippen LogP contribution >= 0.6 is 0 Å². The smallest absolute Gasteiger partial charge is 0.183 e. The number of rotatable bonds is 2. The maximum absolute atomic E-state index is 2.62. The van der Waals surface area contributed by atoms with Crippen LogP contribution < -0.4 is 5.19 Å². The van der Waals surface area contributed by atoms with Gasteiger partial charge in [-0.1, -0.05) is 48.9 Å². The molecule has 2 aromatic carbocycles. The topological polar surface area (TPSA) is 3.24 Å². The van der Waals surface area contributed by atoms with Crippen molar-refractivity contribution in [3.63, 3.8) is 0 Å². The Hall–Kier alpha value is -1.12. The van der Waals surface area contributed by atoms with E-state index in [1.165, 1.54) is 48.3 Å². The maximum atomic E-state index is 2.62. The van der Waals surface area contributed by atoms with Crippen molar-refractivity contribution in [1.29, 1.82) is 0 Å². The van der Waals surface area contributed by atoms with Crippen LogP contribution in [0.2, 0.25) is 0 Å². The molecule has 86 valence electrons. The number of hydrogen-bond donors (Lipinski definition) is 0. The number of benzene rings is 2. The molecular weight excluding hydrogens is 222 g/mol. The Kier molecular flexibility index (Phi) is 3.25. The second-order valence-corrected chi connectivity index (χ2v) is 6.08. The van der Waals surface area contributed by atoms with E-state index in [-0.39, 0.29) is 0 Å². The molecule has 0 atom stereocenters. The Bertz CT molecular complexity index is 498. The van der Waals surface area contributed by atoms with E-state index in [1.54, 1.807) is 0 Å². The van der Waals surface area contributed by atoms with Crippen LogP contribution in [0.3, 0.4) is 0 Å². The Labute approximate surface area is 105 Å². The molecule has 1 nitrogen and oxygen atoms in total. The van der Waals surface area contributed by atoms with Gasteiger partial charge in [0, 0.05) is 0 Å². The van der Waals surface area contributed by atoms with Gasteiger partial charge < -0.3 is 4.57 Å². The third-order valence-electron chi connectivity index (χ3n) is 3.42. The minimum absolute atomic E-state index is 0.841. The molecule has 1 saturated heterocycles. The standard InChI is InChI=1S/C15H17NSi/c1-4-11-16(12-5-1)17-15-10-6-8-13-7-2-3-9-14(13)15/h2-3,6-10H,1,4-5,11-12H2. The summed E-state index contributed by atoms with van der Waals surface area (Å²) in [5.74, 6) is 0. The van der Waals surface area contributed by atoms with Gasteiger partial charge in [0.25, 0.3) is 0 Å². The molecule has 3 rings (SSSR count). The molecule has 1 fully saturated rings.